The summed E-state index contributed by atoms with van der Waals surface area (Å²) in [6, 6.07) is 0. The monoisotopic (exact) mass is 704 g/mol. The molecule has 0 nitrogen and oxygen atoms in total. The van der Waals surface area contributed by atoms with Gasteiger partial charge in [0.15, 0.2) is 0 Å². The van der Waals surface area contributed by atoms with Crippen molar-refractivity contribution in [1.29, 1.82) is 0 Å². The molecule has 0 bridgehead atoms. The minimum absolute atomic E-state index is 0. The molecule has 0 aromatic rings. The summed E-state index contributed by atoms with van der Waals surface area (Å²) in [5.74, 6) is 1.57. The molecular formula is C20H30HfI2. The summed E-state index contributed by atoms with van der Waals surface area (Å²) in [6.45, 7) is 14.1. The summed E-state index contributed by atoms with van der Waals surface area (Å²) in [6.07, 6.45) is 10.1. The molecule has 3 heteroatoms. The quantitative estimate of drug-likeness (QED) is 0.278. The maximum Gasteiger partial charge on any atom is -1.00 e. The van der Waals surface area contributed by atoms with Gasteiger partial charge in [-0.1, -0.05) is 0 Å². The number of halogens is 2. The minimum atomic E-state index is -0.801. The number of rotatable bonds is 6. The Bertz CT molecular complexity index is 486. The van der Waals surface area contributed by atoms with Crippen LogP contribution in [0, 0.1) is 11.8 Å². The molecule has 0 saturated carbocycles. The third-order valence-electron chi connectivity index (χ3n) is 4.43. The maximum absolute atomic E-state index is 2.48. The average Bonchev–Trinajstić information content (AvgIpc) is 2.88. The van der Waals surface area contributed by atoms with Gasteiger partial charge < -0.3 is 48.0 Å². The Morgan fingerprint density at radius 2 is 1.13 bits per heavy atom. The van der Waals surface area contributed by atoms with E-state index < -0.39 is 22.9 Å². The molecule has 0 N–H and O–H groups in total. The van der Waals surface area contributed by atoms with E-state index in [4.69, 9.17) is 0 Å². The van der Waals surface area contributed by atoms with Crippen LogP contribution in [0.25, 0.3) is 0 Å². The molecule has 0 unspecified atom stereocenters. The van der Waals surface area contributed by atoms with E-state index in [1.807, 2.05) is 6.66 Å². The van der Waals surface area contributed by atoms with Gasteiger partial charge in [-0.3, -0.25) is 0 Å². The average molecular weight is 703 g/mol. The van der Waals surface area contributed by atoms with Gasteiger partial charge in [0.2, 0.25) is 0 Å². The second kappa shape index (κ2) is 11.1. The van der Waals surface area contributed by atoms with Gasteiger partial charge in [-0.2, -0.15) is 0 Å². The minimum Gasteiger partial charge on any atom is -1.00 e. The van der Waals surface area contributed by atoms with Crippen LogP contribution < -0.4 is 48.0 Å². The van der Waals surface area contributed by atoms with Crippen LogP contribution >= 0.6 is 0 Å². The molecule has 128 valence electrons. The Labute approximate surface area is 189 Å². The van der Waals surface area contributed by atoms with Crippen molar-refractivity contribution in [3.63, 3.8) is 0 Å². The molecular weight excluding hydrogens is 673 g/mol. The van der Waals surface area contributed by atoms with Gasteiger partial charge in [0.25, 0.3) is 0 Å². The van der Waals surface area contributed by atoms with Crippen molar-refractivity contribution >= 4 is 0 Å². The topological polar surface area (TPSA) is 0 Å². The number of hydrogen-bond donors (Lipinski definition) is 0. The van der Waals surface area contributed by atoms with E-state index in [0.717, 1.165) is 11.8 Å². The van der Waals surface area contributed by atoms with Crippen LogP contribution in [0.2, 0.25) is 0 Å². The number of allylic oxidation sites excluding steroid dienone is 8. The van der Waals surface area contributed by atoms with E-state index in [-0.39, 0.29) is 48.0 Å². The standard InChI is InChI=1S/2C10H15.Hf.2HI/c2*1-8(2)7-10-6-4-5-9(10)3;;;/h2*5,8H,4,7H2,1-3H3;;2*1H/q;;+2;;/p-2. The molecule has 0 aliphatic heterocycles. The van der Waals surface area contributed by atoms with E-state index >= 15 is 0 Å². The molecule has 0 spiro atoms. The summed E-state index contributed by atoms with van der Waals surface area (Å²) in [5, 5.41) is 0. The van der Waals surface area contributed by atoms with E-state index in [9.17, 15) is 0 Å². The molecule has 0 fully saturated rings. The van der Waals surface area contributed by atoms with E-state index in [0.29, 0.717) is 0 Å². The van der Waals surface area contributed by atoms with Crippen molar-refractivity contribution in [3.05, 3.63) is 41.1 Å². The Hall–Kier alpha value is 1.29. The molecule has 23 heavy (non-hydrogen) atoms. The van der Waals surface area contributed by atoms with Crippen molar-refractivity contribution < 1.29 is 70.9 Å². The Balaban J connectivity index is 0.00000242. The van der Waals surface area contributed by atoms with E-state index in [1.54, 1.807) is 22.3 Å². The summed E-state index contributed by atoms with van der Waals surface area (Å²) in [7, 11) is 0. The largest absolute Gasteiger partial charge is 1.00 e. The third kappa shape index (κ3) is 6.84. The molecule has 2 aliphatic rings. The fourth-order valence-corrected chi connectivity index (χ4v) is 9.31. The van der Waals surface area contributed by atoms with E-state index in [1.165, 1.54) is 25.7 Å². The molecule has 0 radical (unpaired) electrons. The van der Waals surface area contributed by atoms with Crippen molar-refractivity contribution in [2.24, 2.45) is 11.8 Å². The van der Waals surface area contributed by atoms with Gasteiger partial charge in [0, 0.05) is 0 Å². The Kier molecular flexibility index (Phi) is 11.7. The first kappa shape index (κ1) is 24.3. The molecule has 2 rings (SSSR count). The smallest absolute Gasteiger partial charge is 1.00 e. The molecule has 2 aliphatic carbocycles. The van der Waals surface area contributed by atoms with Gasteiger partial charge in [0.05, 0.1) is 0 Å². The number of hydrogen-bond acceptors (Lipinski definition) is 0. The first-order valence-corrected chi connectivity index (χ1v) is 12.0. The van der Waals surface area contributed by atoms with E-state index in [2.05, 4.69) is 53.7 Å². The second-order valence-electron chi connectivity index (χ2n) is 7.42. The van der Waals surface area contributed by atoms with Gasteiger partial charge in [-0.25, -0.2) is 0 Å². The SMILES string of the molecule is CC1=CC[C]([Hf+2][C]2=C(CC(C)C)C(C)=CC2)=C1CC(C)C.[I-].[I-]. The fraction of sp³-hybridized carbons (Fsp3) is 0.600. The predicted molar refractivity (Wildman–Crippen MR) is 89.7 cm³/mol. The van der Waals surface area contributed by atoms with Crippen molar-refractivity contribution in [2.75, 3.05) is 0 Å². The Morgan fingerprint density at radius 3 is 1.43 bits per heavy atom. The normalized spacial score (nSPS) is 17.2. The summed E-state index contributed by atoms with van der Waals surface area (Å²) >= 11 is -0.801. The maximum atomic E-state index is 2.48. The first-order chi connectivity index (χ1) is 9.88. The van der Waals surface area contributed by atoms with Gasteiger partial charge >= 0.3 is 143 Å². The summed E-state index contributed by atoms with van der Waals surface area (Å²) in [5.41, 5.74) is 6.66. The van der Waals surface area contributed by atoms with Crippen LogP contribution in [-0.4, -0.2) is 0 Å². The zero-order valence-electron chi connectivity index (χ0n) is 15.4. The molecule has 0 atom stereocenters. The third-order valence-corrected chi connectivity index (χ3v) is 10.2. The van der Waals surface area contributed by atoms with Gasteiger partial charge in [0.1, 0.15) is 0 Å². The molecule has 0 heterocycles. The molecule has 0 saturated heterocycles. The summed E-state index contributed by atoms with van der Waals surface area (Å²) < 4.78 is 3.78. The van der Waals surface area contributed by atoms with Crippen LogP contribution in [0.5, 0.6) is 0 Å². The van der Waals surface area contributed by atoms with Gasteiger partial charge in [-0.15, -0.1) is 0 Å². The van der Waals surface area contributed by atoms with Gasteiger partial charge in [-0.05, 0) is 0 Å². The van der Waals surface area contributed by atoms with Crippen LogP contribution in [0.1, 0.15) is 67.2 Å². The second-order valence-corrected chi connectivity index (χ2v) is 12.7. The molecule has 0 aromatic heterocycles. The summed E-state index contributed by atoms with van der Waals surface area (Å²) in [4.78, 5) is 0. The van der Waals surface area contributed by atoms with Crippen molar-refractivity contribution in [2.45, 2.75) is 67.2 Å². The Morgan fingerprint density at radius 1 is 0.783 bits per heavy atom. The predicted octanol–water partition coefficient (Wildman–Crippen LogP) is 0.377. The fourth-order valence-electron chi connectivity index (χ4n) is 3.30. The zero-order chi connectivity index (χ0) is 15.6. The van der Waals surface area contributed by atoms with Crippen LogP contribution in [0.4, 0.5) is 0 Å². The van der Waals surface area contributed by atoms with Crippen molar-refractivity contribution in [3.8, 4) is 0 Å². The van der Waals surface area contributed by atoms with Crippen LogP contribution in [0.3, 0.4) is 0 Å². The zero-order valence-corrected chi connectivity index (χ0v) is 23.3. The first-order valence-electron chi connectivity index (χ1n) is 8.43. The molecule has 0 aromatic carbocycles. The van der Waals surface area contributed by atoms with Crippen molar-refractivity contribution in [1.82, 2.24) is 0 Å². The van der Waals surface area contributed by atoms with Crippen LogP contribution in [0.15, 0.2) is 41.1 Å². The molecule has 0 amide bonds. The van der Waals surface area contributed by atoms with Crippen LogP contribution in [-0.2, 0) is 22.9 Å².